The lowest BCUT2D eigenvalue weighted by molar-refractivity contribution is 0.0952. The number of unbranched alkanes of at least 4 members (excludes halogenated alkanes) is 2. The van der Waals surface area contributed by atoms with Crippen molar-refractivity contribution in [2.75, 3.05) is 6.54 Å². The summed E-state index contributed by atoms with van der Waals surface area (Å²) in [5.74, 6) is 0.877. The summed E-state index contributed by atoms with van der Waals surface area (Å²) in [7, 11) is 0. The molecular weight excluding hydrogens is 278 g/mol. The number of thiophene rings is 1. The van der Waals surface area contributed by atoms with E-state index in [2.05, 4.69) is 38.4 Å². The topological polar surface area (TPSA) is 29.1 Å². The van der Waals surface area contributed by atoms with Gasteiger partial charge in [-0.15, -0.1) is 11.3 Å². The van der Waals surface area contributed by atoms with Gasteiger partial charge < -0.3 is 5.32 Å². The monoisotopic (exact) mass is 307 g/mol. The fourth-order valence-electron chi connectivity index (χ4n) is 3.11. The highest BCUT2D eigenvalue weighted by Gasteiger charge is 2.31. The lowest BCUT2D eigenvalue weighted by atomic mass is 9.72. The van der Waals surface area contributed by atoms with E-state index in [0.29, 0.717) is 5.41 Å². The summed E-state index contributed by atoms with van der Waals surface area (Å²) in [5, 5.41) is 5.15. The number of carbonyl (C=O) groups excluding carboxylic acids is 1. The second-order valence-electron chi connectivity index (χ2n) is 7.32. The Labute approximate surface area is 133 Å². The molecule has 0 saturated heterocycles. The summed E-state index contributed by atoms with van der Waals surface area (Å²) in [6.07, 6.45) is 6.89. The molecular formula is C18H29NOS. The van der Waals surface area contributed by atoms with Crippen LogP contribution in [0.2, 0.25) is 0 Å². The Kier molecular flexibility index (Phi) is 5.48. The van der Waals surface area contributed by atoms with Gasteiger partial charge in [-0.1, -0.05) is 40.5 Å². The van der Waals surface area contributed by atoms with Gasteiger partial charge in [-0.2, -0.15) is 0 Å². The van der Waals surface area contributed by atoms with Crippen LogP contribution in [0.15, 0.2) is 5.38 Å². The average Bonchev–Trinajstić information content (AvgIpc) is 2.85. The molecule has 1 aromatic heterocycles. The molecule has 1 heterocycles. The molecule has 1 N–H and O–H groups in total. The molecule has 0 saturated carbocycles. The largest absolute Gasteiger partial charge is 0.352 e. The van der Waals surface area contributed by atoms with E-state index >= 15 is 0 Å². The summed E-state index contributed by atoms with van der Waals surface area (Å²) < 4.78 is 0. The Morgan fingerprint density at radius 2 is 2.14 bits per heavy atom. The zero-order valence-corrected chi connectivity index (χ0v) is 14.7. The van der Waals surface area contributed by atoms with Crippen LogP contribution in [-0.2, 0) is 12.8 Å². The number of hydrogen-bond donors (Lipinski definition) is 1. The van der Waals surface area contributed by atoms with Crippen molar-refractivity contribution in [3.05, 3.63) is 21.4 Å². The molecule has 2 rings (SSSR count). The van der Waals surface area contributed by atoms with Crippen molar-refractivity contribution < 1.29 is 4.79 Å². The Balaban J connectivity index is 1.99. The summed E-state index contributed by atoms with van der Waals surface area (Å²) in [6, 6.07) is 0. The molecule has 1 aliphatic rings. The van der Waals surface area contributed by atoms with Gasteiger partial charge in [0.15, 0.2) is 0 Å². The van der Waals surface area contributed by atoms with Crippen LogP contribution in [-0.4, -0.2) is 12.5 Å². The van der Waals surface area contributed by atoms with Crippen LogP contribution >= 0.6 is 11.3 Å². The molecule has 21 heavy (non-hydrogen) atoms. The van der Waals surface area contributed by atoms with Crippen LogP contribution in [0.4, 0.5) is 0 Å². The van der Waals surface area contributed by atoms with E-state index in [9.17, 15) is 4.79 Å². The summed E-state index contributed by atoms with van der Waals surface area (Å²) >= 11 is 1.78. The van der Waals surface area contributed by atoms with Gasteiger partial charge in [-0.3, -0.25) is 4.79 Å². The van der Waals surface area contributed by atoms with Gasteiger partial charge in [-0.05, 0) is 42.6 Å². The summed E-state index contributed by atoms with van der Waals surface area (Å²) in [4.78, 5) is 13.8. The minimum absolute atomic E-state index is 0.137. The minimum Gasteiger partial charge on any atom is -0.352 e. The second-order valence-corrected chi connectivity index (χ2v) is 8.28. The third-order valence-electron chi connectivity index (χ3n) is 4.69. The van der Waals surface area contributed by atoms with Crippen molar-refractivity contribution in [1.29, 1.82) is 0 Å². The van der Waals surface area contributed by atoms with Crippen LogP contribution in [0, 0.1) is 11.3 Å². The number of nitrogens with one attached hydrogen (secondary N) is 1. The van der Waals surface area contributed by atoms with Gasteiger partial charge in [0.1, 0.15) is 0 Å². The molecule has 0 aliphatic heterocycles. The first-order valence-electron chi connectivity index (χ1n) is 8.31. The Morgan fingerprint density at radius 3 is 2.81 bits per heavy atom. The molecule has 0 spiro atoms. The van der Waals surface area contributed by atoms with E-state index in [1.54, 1.807) is 11.3 Å². The standard InChI is InChI=1S/C18H29NOS/c1-5-6-7-10-19-17(20)15-12-21-16-11-13(18(2,3)4)8-9-14(15)16/h12-13H,5-11H2,1-4H3,(H,19,20). The van der Waals surface area contributed by atoms with Crippen LogP contribution in [0.3, 0.4) is 0 Å². The first kappa shape index (κ1) is 16.5. The van der Waals surface area contributed by atoms with Crippen LogP contribution in [0.5, 0.6) is 0 Å². The fourth-order valence-corrected chi connectivity index (χ4v) is 4.28. The van der Waals surface area contributed by atoms with Crippen molar-refractivity contribution in [3.8, 4) is 0 Å². The SMILES string of the molecule is CCCCCNC(=O)c1csc2c1CCC(C(C)(C)C)C2. The fraction of sp³-hybridized carbons (Fsp3) is 0.722. The molecule has 1 aliphatic carbocycles. The molecule has 0 fully saturated rings. The van der Waals surface area contributed by atoms with E-state index in [-0.39, 0.29) is 5.91 Å². The predicted octanol–water partition coefficient (Wildman–Crippen LogP) is 4.82. The quantitative estimate of drug-likeness (QED) is 0.776. The van der Waals surface area contributed by atoms with Crippen LogP contribution < -0.4 is 5.32 Å². The van der Waals surface area contributed by atoms with E-state index in [0.717, 1.165) is 37.3 Å². The van der Waals surface area contributed by atoms with E-state index < -0.39 is 0 Å². The van der Waals surface area contributed by atoms with Crippen LogP contribution in [0.25, 0.3) is 0 Å². The van der Waals surface area contributed by atoms with Crippen molar-refractivity contribution in [1.82, 2.24) is 5.32 Å². The number of carbonyl (C=O) groups is 1. The lowest BCUT2D eigenvalue weighted by Crippen LogP contribution is -2.28. The van der Waals surface area contributed by atoms with E-state index in [4.69, 9.17) is 0 Å². The molecule has 118 valence electrons. The molecule has 1 aromatic rings. The molecule has 0 aromatic carbocycles. The number of amides is 1. The normalized spacial score (nSPS) is 18.4. The number of hydrogen-bond acceptors (Lipinski definition) is 2. The maximum atomic E-state index is 12.3. The van der Waals surface area contributed by atoms with Crippen molar-refractivity contribution >= 4 is 17.2 Å². The van der Waals surface area contributed by atoms with Crippen LogP contribution in [0.1, 0.15) is 74.2 Å². The molecule has 2 nitrogen and oxygen atoms in total. The third kappa shape index (κ3) is 4.09. The van der Waals surface area contributed by atoms with Gasteiger partial charge in [0, 0.05) is 16.8 Å². The van der Waals surface area contributed by atoms with Gasteiger partial charge in [0.25, 0.3) is 5.91 Å². The van der Waals surface area contributed by atoms with Crippen molar-refractivity contribution in [2.24, 2.45) is 11.3 Å². The summed E-state index contributed by atoms with van der Waals surface area (Å²) in [6.45, 7) is 9.98. The maximum Gasteiger partial charge on any atom is 0.252 e. The van der Waals surface area contributed by atoms with E-state index in [1.165, 1.54) is 29.7 Å². The molecule has 1 amide bonds. The average molecular weight is 308 g/mol. The summed E-state index contributed by atoms with van der Waals surface area (Å²) in [5.41, 5.74) is 2.64. The lowest BCUT2D eigenvalue weighted by Gasteiger charge is -2.34. The van der Waals surface area contributed by atoms with Gasteiger partial charge in [0.2, 0.25) is 0 Å². The van der Waals surface area contributed by atoms with Crippen molar-refractivity contribution in [2.45, 2.75) is 66.2 Å². The van der Waals surface area contributed by atoms with Gasteiger partial charge in [-0.25, -0.2) is 0 Å². The molecule has 1 atom stereocenters. The smallest absolute Gasteiger partial charge is 0.252 e. The van der Waals surface area contributed by atoms with Crippen molar-refractivity contribution in [3.63, 3.8) is 0 Å². The Morgan fingerprint density at radius 1 is 1.38 bits per heavy atom. The first-order valence-corrected chi connectivity index (χ1v) is 9.19. The van der Waals surface area contributed by atoms with Gasteiger partial charge >= 0.3 is 0 Å². The Bertz CT molecular complexity index is 484. The molecule has 3 heteroatoms. The highest BCUT2D eigenvalue weighted by molar-refractivity contribution is 7.10. The molecule has 0 bridgehead atoms. The third-order valence-corrected chi connectivity index (χ3v) is 5.74. The number of rotatable bonds is 5. The molecule has 1 unspecified atom stereocenters. The molecule has 0 radical (unpaired) electrons. The highest BCUT2D eigenvalue weighted by Crippen LogP contribution is 2.40. The maximum absolute atomic E-state index is 12.3. The zero-order chi connectivity index (χ0) is 15.5. The zero-order valence-electron chi connectivity index (χ0n) is 13.9. The van der Waals surface area contributed by atoms with E-state index in [1.807, 2.05) is 0 Å². The first-order chi connectivity index (χ1) is 9.93. The number of fused-ring (bicyclic) bond motifs is 1. The minimum atomic E-state index is 0.137. The second kappa shape index (κ2) is 6.95. The Hall–Kier alpha value is -0.830. The van der Waals surface area contributed by atoms with Gasteiger partial charge in [0.05, 0.1) is 5.56 Å². The highest BCUT2D eigenvalue weighted by atomic mass is 32.1. The predicted molar refractivity (Wildman–Crippen MR) is 91.1 cm³/mol.